The number of hydrogen-bond acceptors (Lipinski definition) is 0. The van der Waals surface area contributed by atoms with Crippen molar-refractivity contribution in [1.82, 2.24) is 0 Å². The molecule has 0 fully saturated rings. The molecule has 0 aliphatic carbocycles. The van der Waals surface area contributed by atoms with Crippen molar-refractivity contribution in [2.75, 3.05) is 0 Å². The summed E-state index contributed by atoms with van der Waals surface area (Å²) in [5.74, 6) is 1.91. The molecule has 0 saturated carbocycles. The van der Waals surface area contributed by atoms with Gasteiger partial charge in [-0.2, -0.15) is 0 Å². The summed E-state index contributed by atoms with van der Waals surface area (Å²) in [5.41, 5.74) is 0. The molecule has 0 amide bonds. The molecule has 0 aromatic heterocycles. The molecule has 0 heterocycles. The Morgan fingerprint density at radius 3 is 1.83 bits per heavy atom. The van der Waals surface area contributed by atoms with Gasteiger partial charge in [0.05, 0.1) is 0 Å². The van der Waals surface area contributed by atoms with E-state index < -0.39 is 0 Å². The minimum atomic E-state index is 0.943. The summed E-state index contributed by atoms with van der Waals surface area (Å²) in [6, 6.07) is 0. The van der Waals surface area contributed by atoms with Crippen LogP contribution in [0.3, 0.4) is 0 Å². The number of rotatable bonds is 18. The molecule has 0 radical (unpaired) electrons. The molecular weight excluding hydrogens is 288 g/mol. The van der Waals surface area contributed by atoms with Crippen LogP contribution in [0.2, 0.25) is 0 Å². The third-order valence-corrected chi connectivity index (χ3v) is 5.57. The van der Waals surface area contributed by atoms with Gasteiger partial charge in [-0.05, 0) is 37.5 Å². The number of unbranched alkanes of at least 4 members (excludes halogenated alkanes) is 7. The van der Waals surface area contributed by atoms with E-state index >= 15 is 0 Å². The van der Waals surface area contributed by atoms with Gasteiger partial charge in [0.1, 0.15) is 0 Å². The van der Waals surface area contributed by atoms with Gasteiger partial charge in [-0.3, -0.25) is 0 Å². The highest BCUT2D eigenvalue weighted by Crippen LogP contribution is 2.20. The van der Waals surface area contributed by atoms with Crippen molar-refractivity contribution in [1.29, 1.82) is 0 Å². The van der Waals surface area contributed by atoms with E-state index in [9.17, 15) is 0 Å². The third kappa shape index (κ3) is 16.6. The van der Waals surface area contributed by atoms with Crippen LogP contribution in [0.15, 0.2) is 12.2 Å². The third-order valence-electron chi connectivity index (χ3n) is 5.57. The molecule has 0 heteroatoms. The maximum absolute atomic E-state index is 2.46. The maximum Gasteiger partial charge on any atom is -0.0348 e. The van der Waals surface area contributed by atoms with Gasteiger partial charge < -0.3 is 0 Å². The van der Waals surface area contributed by atoms with E-state index in [1.165, 1.54) is 103 Å². The summed E-state index contributed by atoms with van der Waals surface area (Å²) in [4.78, 5) is 0. The van der Waals surface area contributed by atoms with Gasteiger partial charge in [-0.25, -0.2) is 0 Å². The Balaban J connectivity index is 3.47. The lowest BCUT2D eigenvalue weighted by atomic mass is 9.93. The van der Waals surface area contributed by atoms with Crippen molar-refractivity contribution in [3.8, 4) is 0 Å². The van der Waals surface area contributed by atoms with E-state index in [-0.39, 0.29) is 0 Å². The molecule has 2 atom stereocenters. The Morgan fingerprint density at radius 2 is 1.17 bits per heavy atom. The summed E-state index contributed by atoms with van der Waals surface area (Å²) < 4.78 is 0. The fourth-order valence-electron chi connectivity index (χ4n) is 3.62. The second kappa shape index (κ2) is 19.1. The van der Waals surface area contributed by atoms with Crippen LogP contribution in [0, 0.1) is 11.8 Å². The molecule has 0 N–H and O–H groups in total. The molecule has 0 bridgehead atoms. The first-order chi connectivity index (χ1) is 11.7. The van der Waals surface area contributed by atoms with Crippen LogP contribution in [0.4, 0.5) is 0 Å². The van der Waals surface area contributed by atoms with Crippen LogP contribution in [0.25, 0.3) is 0 Å². The second-order valence-electron chi connectivity index (χ2n) is 8.06. The highest BCUT2D eigenvalue weighted by molar-refractivity contribution is 4.82. The van der Waals surface area contributed by atoms with Gasteiger partial charge >= 0.3 is 0 Å². The van der Waals surface area contributed by atoms with Gasteiger partial charge in [-0.15, -0.1) is 0 Å². The zero-order valence-electron chi connectivity index (χ0n) is 17.6. The quantitative estimate of drug-likeness (QED) is 0.173. The first-order valence-corrected chi connectivity index (χ1v) is 11.4. The molecule has 0 saturated heterocycles. The van der Waals surface area contributed by atoms with Gasteiger partial charge in [0.2, 0.25) is 0 Å². The van der Waals surface area contributed by atoms with E-state index in [0.29, 0.717) is 0 Å². The average molecular weight is 337 g/mol. The fourth-order valence-corrected chi connectivity index (χ4v) is 3.62. The minimum Gasteiger partial charge on any atom is -0.0885 e. The Morgan fingerprint density at radius 1 is 0.583 bits per heavy atom. The predicted octanol–water partition coefficient (Wildman–Crippen LogP) is 9.10. The molecule has 0 aliphatic heterocycles. The van der Waals surface area contributed by atoms with Crippen molar-refractivity contribution < 1.29 is 0 Å². The van der Waals surface area contributed by atoms with E-state index in [0.717, 1.165) is 11.8 Å². The first-order valence-electron chi connectivity index (χ1n) is 11.4. The average Bonchev–Trinajstić information content (AvgIpc) is 2.59. The number of hydrogen-bond donors (Lipinski definition) is 0. The topological polar surface area (TPSA) is 0 Å². The Hall–Kier alpha value is -0.260. The summed E-state index contributed by atoms with van der Waals surface area (Å²) in [5, 5.41) is 0. The van der Waals surface area contributed by atoms with Crippen molar-refractivity contribution >= 4 is 0 Å². The van der Waals surface area contributed by atoms with Crippen molar-refractivity contribution in [2.45, 2.75) is 130 Å². The summed E-state index contributed by atoms with van der Waals surface area (Å²) >= 11 is 0. The SMILES string of the molecule is CCCCCCC(CC)CC/C=C/CCCCC(C)CCCCC. The largest absolute Gasteiger partial charge is 0.0885 e. The van der Waals surface area contributed by atoms with Crippen molar-refractivity contribution in [2.24, 2.45) is 11.8 Å². The molecular formula is C24H48. The van der Waals surface area contributed by atoms with E-state index in [1.807, 2.05) is 0 Å². The van der Waals surface area contributed by atoms with Crippen molar-refractivity contribution in [3.05, 3.63) is 12.2 Å². The lowest BCUT2D eigenvalue weighted by molar-refractivity contribution is 0.416. The smallest absolute Gasteiger partial charge is 0.0348 e. The highest BCUT2D eigenvalue weighted by Gasteiger charge is 2.04. The zero-order valence-corrected chi connectivity index (χ0v) is 17.6. The number of allylic oxidation sites excluding steroid dienone is 2. The lowest BCUT2D eigenvalue weighted by Gasteiger charge is -2.13. The zero-order chi connectivity index (χ0) is 17.9. The Bertz CT molecular complexity index is 253. The molecule has 0 nitrogen and oxygen atoms in total. The van der Waals surface area contributed by atoms with Gasteiger partial charge in [0.15, 0.2) is 0 Å². The van der Waals surface area contributed by atoms with Crippen LogP contribution in [0.5, 0.6) is 0 Å². The molecule has 144 valence electrons. The molecule has 0 rings (SSSR count). The predicted molar refractivity (Wildman–Crippen MR) is 113 cm³/mol. The van der Waals surface area contributed by atoms with E-state index in [4.69, 9.17) is 0 Å². The Kier molecular flexibility index (Phi) is 18.9. The van der Waals surface area contributed by atoms with Gasteiger partial charge in [0, 0.05) is 0 Å². The van der Waals surface area contributed by atoms with E-state index in [1.54, 1.807) is 0 Å². The Labute approximate surface area is 154 Å². The van der Waals surface area contributed by atoms with Gasteiger partial charge in [0.25, 0.3) is 0 Å². The summed E-state index contributed by atoms with van der Waals surface area (Å²) in [6.07, 6.45) is 27.3. The molecule has 0 aliphatic rings. The highest BCUT2D eigenvalue weighted by atomic mass is 14.1. The standard InChI is InChI=1S/C24H48/c1-5-8-10-17-21-24(7-3)22-18-14-12-11-13-16-20-23(4)19-15-9-6-2/h12,14,23-24H,5-11,13,15-22H2,1-4H3/b14-12+. The van der Waals surface area contributed by atoms with Crippen LogP contribution in [0.1, 0.15) is 130 Å². The first kappa shape index (κ1) is 23.7. The minimum absolute atomic E-state index is 0.943. The van der Waals surface area contributed by atoms with E-state index in [2.05, 4.69) is 39.8 Å². The van der Waals surface area contributed by atoms with Crippen LogP contribution >= 0.6 is 0 Å². The fraction of sp³-hybridized carbons (Fsp3) is 0.917. The molecule has 24 heavy (non-hydrogen) atoms. The van der Waals surface area contributed by atoms with Crippen molar-refractivity contribution in [3.63, 3.8) is 0 Å². The second-order valence-corrected chi connectivity index (χ2v) is 8.06. The maximum atomic E-state index is 2.46. The molecule has 0 aromatic carbocycles. The lowest BCUT2D eigenvalue weighted by Crippen LogP contribution is -1.98. The molecule has 0 spiro atoms. The van der Waals surface area contributed by atoms with Crippen LogP contribution < -0.4 is 0 Å². The monoisotopic (exact) mass is 336 g/mol. The molecule has 0 aromatic rings. The summed E-state index contributed by atoms with van der Waals surface area (Å²) in [6.45, 7) is 9.41. The normalized spacial score (nSPS) is 14.3. The summed E-state index contributed by atoms with van der Waals surface area (Å²) in [7, 11) is 0. The van der Waals surface area contributed by atoms with Crippen LogP contribution in [-0.2, 0) is 0 Å². The van der Waals surface area contributed by atoms with Gasteiger partial charge in [-0.1, -0.05) is 117 Å². The molecule has 2 unspecified atom stereocenters. The van der Waals surface area contributed by atoms with Crippen LogP contribution in [-0.4, -0.2) is 0 Å².